The third kappa shape index (κ3) is 2.45. The Morgan fingerprint density at radius 1 is 1.00 bits per heavy atom. The van der Waals surface area contributed by atoms with Crippen LogP contribution in [-0.4, -0.2) is 24.7 Å². The van der Waals surface area contributed by atoms with Crippen LogP contribution in [-0.2, 0) is 12.8 Å². The summed E-state index contributed by atoms with van der Waals surface area (Å²) in [6.45, 7) is 0. The Morgan fingerprint density at radius 3 is 2.38 bits per heavy atom. The summed E-state index contributed by atoms with van der Waals surface area (Å²) < 4.78 is 11.1. The van der Waals surface area contributed by atoms with Gasteiger partial charge in [0.15, 0.2) is 11.5 Å². The number of aromatic nitrogens is 1. The summed E-state index contributed by atoms with van der Waals surface area (Å²) >= 11 is 0. The molecule has 4 aliphatic carbocycles. The van der Waals surface area contributed by atoms with Crippen LogP contribution in [0.2, 0.25) is 0 Å². The van der Waals surface area contributed by atoms with Gasteiger partial charge in [-0.1, -0.05) is 0 Å². The minimum Gasteiger partial charge on any atom is -0.493 e. The Bertz CT molecular complexity index is 839. The Labute approximate surface area is 155 Å². The molecule has 138 valence electrons. The summed E-state index contributed by atoms with van der Waals surface area (Å²) in [6, 6.07) is 4.15. The molecule has 4 nitrogen and oxygen atoms in total. The van der Waals surface area contributed by atoms with Gasteiger partial charge < -0.3 is 14.8 Å². The molecule has 0 atom stereocenters. The van der Waals surface area contributed by atoms with Crippen LogP contribution < -0.4 is 14.8 Å². The Balaban J connectivity index is 1.67. The minimum atomic E-state index is 0.284. The van der Waals surface area contributed by atoms with Crippen LogP contribution in [0.3, 0.4) is 0 Å². The fourth-order valence-corrected chi connectivity index (χ4v) is 5.43. The van der Waals surface area contributed by atoms with Crippen LogP contribution in [0.5, 0.6) is 11.5 Å². The van der Waals surface area contributed by atoms with Crippen molar-refractivity contribution in [3.05, 3.63) is 23.4 Å². The van der Waals surface area contributed by atoms with Crippen LogP contribution in [0.25, 0.3) is 10.9 Å². The molecule has 0 saturated heterocycles. The normalized spacial score (nSPS) is 26.8. The van der Waals surface area contributed by atoms with Gasteiger partial charge in [-0.15, -0.1) is 0 Å². The predicted octanol–water partition coefficient (Wildman–Crippen LogP) is 4.88. The highest BCUT2D eigenvalue weighted by molar-refractivity contribution is 5.96. The molecule has 1 heterocycles. The first-order chi connectivity index (χ1) is 12.7. The summed E-state index contributed by atoms with van der Waals surface area (Å²) in [5.41, 5.74) is 5.34. The molecule has 4 heteroatoms. The lowest BCUT2D eigenvalue weighted by atomic mass is 9.65. The van der Waals surface area contributed by atoms with Crippen LogP contribution in [0.1, 0.15) is 56.2 Å². The number of anilines is 1. The molecule has 2 aromatic rings. The van der Waals surface area contributed by atoms with E-state index in [0.29, 0.717) is 0 Å². The lowest BCUT2D eigenvalue weighted by molar-refractivity contribution is 0.158. The van der Waals surface area contributed by atoms with E-state index in [1.165, 1.54) is 67.3 Å². The smallest absolute Gasteiger partial charge is 0.162 e. The number of rotatable bonds is 4. The van der Waals surface area contributed by atoms with Gasteiger partial charge in [0.05, 0.1) is 19.7 Å². The monoisotopic (exact) mass is 352 g/mol. The first kappa shape index (κ1) is 16.2. The lowest BCUT2D eigenvalue weighted by Gasteiger charge is -2.48. The van der Waals surface area contributed by atoms with Gasteiger partial charge in [-0.2, -0.15) is 0 Å². The fourth-order valence-electron chi connectivity index (χ4n) is 5.43. The zero-order valence-electron chi connectivity index (χ0n) is 15.9. The number of nitrogens with zero attached hydrogens (tertiary/aromatic N) is 1. The highest BCUT2D eigenvalue weighted by atomic mass is 16.5. The van der Waals surface area contributed by atoms with Gasteiger partial charge in [-0.05, 0) is 75.3 Å². The third-order valence-corrected chi connectivity index (χ3v) is 7.00. The van der Waals surface area contributed by atoms with Crippen molar-refractivity contribution in [2.75, 3.05) is 19.5 Å². The summed E-state index contributed by atoms with van der Waals surface area (Å²) in [5.74, 6) is 2.52. The number of benzene rings is 1. The molecule has 3 saturated carbocycles. The molecule has 1 aromatic carbocycles. The summed E-state index contributed by atoms with van der Waals surface area (Å²) in [5, 5.41) is 5.26. The second kappa shape index (κ2) is 6.04. The molecule has 6 rings (SSSR count). The van der Waals surface area contributed by atoms with Crippen LogP contribution in [0.4, 0.5) is 5.69 Å². The van der Waals surface area contributed by atoms with E-state index in [1.54, 1.807) is 14.2 Å². The van der Waals surface area contributed by atoms with Crippen molar-refractivity contribution in [2.24, 2.45) is 5.92 Å². The molecule has 0 unspecified atom stereocenters. The first-order valence-corrected chi connectivity index (χ1v) is 10.1. The molecule has 0 amide bonds. The van der Waals surface area contributed by atoms with E-state index in [2.05, 4.69) is 11.4 Å². The number of aryl methyl sites for hydroxylation is 1. The number of ether oxygens (including phenoxy) is 2. The van der Waals surface area contributed by atoms with Crippen molar-refractivity contribution in [3.63, 3.8) is 0 Å². The Kier molecular flexibility index (Phi) is 3.77. The molecular formula is C22H28N2O2. The molecule has 26 heavy (non-hydrogen) atoms. The van der Waals surface area contributed by atoms with Gasteiger partial charge in [0.1, 0.15) is 0 Å². The van der Waals surface area contributed by atoms with Crippen molar-refractivity contribution >= 4 is 16.6 Å². The molecule has 4 aliphatic rings. The van der Waals surface area contributed by atoms with Crippen molar-refractivity contribution in [2.45, 2.75) is 63.3 Å². The minimum absolute atomic E-state index is 0.284. The fraction of sp³-hybridized carbons (Fsp3) is 0.591. The van der Waals surface area contributed by atoms with E-state index in [4.69, 9.17) is 14.5 Å². The maximum absolute atomic E-state index is 5.59. The van der Waals surface area contributed by atoms with E-state index in [1.807, 2.05) is 6.07 Å². The van der Waals surface area contributed by atoms with Gasteiger partial charge in [-0.3, -0.25) is 4.98 Å². The average Bonchev–Trinajstić information content (AvgIpc) is 3.16. The van der Waals surface area contributed by atoms with E-state index in [0.717, 1.165) is 35.8 Å². The standard InChI is InChI=1S/C22H28N2O2/c1-25-19-12-16-18(13-20(19)26-2)23-17-5-3-4-15(17)21(16)24-22-9-6-14(7-10-22)8-11-22/h12-14H,3-11H2,1-2H3,(H,23,24). The lowest BCUT2D eigenvalue weighted by Crippen LogP contribution is -2.46. The van der Waals surface area contributed by atoms with Gasteiger partial charge in [0, 0.05) is 28.4 Å². The van der Waals surface area contributed by atoms with Crippen LogP contribution in [0, 0.1) is 5.92 Å². The SMILES string of the molecule is COc1cc2nc3c(c(NC45CCC(CC4)CC5)c2cc1OC)CCC3. The maximum atomic E-state index is 5.59. The second-order valence-corrected chi connectivity index (χ2v) is 8.38. The van der Waals surface area contributed by atoms with Crippen LogP contribution in [0.15, 0.2) is 12.1 Å². The molecule has 1 aromatic heterocycles. The molecule has 0 radical (unpaired) electrons. The summed E-state index contributed by atoms with van der Waals surface area (Å²) in [4.78, 5) is 4.98. The Hall–Kier alpha value is -1.97. The van der Waals surface area contributed by atoms with Crippen LogP contribution >= 0.6 is 0 Å². The number of hydrogen-bond donors (Lipinski definition) is 1. The van der Waals surface area contributed by atoms with E-state index < -0.39 is 0 Å². The highest BCUT2D eigenvalue weighted by Crippen LogP contribution is 2.48. The average molecular weight is 352 g/mol. The number of methoxy groups -OCH3 is 2. The number of nitrogens with one attached hydrogen (secondary N) is 1. The molecule has 1 N–H and O–H groups in total. The molecule has 2 bridgehead atoms. The van der Waals surface area contributed by atoms with Gasteiger partial charge in [0.25, 0.3) is 0 Å². The van der Waals surface area contributed by atoms with Crippen molar-refractivity contribution in [1.82, 2.24) is 4.98 Å². The largest absolute Gasteiger partial charge is 0.493 e. The number of hydrogen-bond acceptors (Lipinski definition) is 4. The number of pyridine rings is 1. The van der Waals surface area contributed by atoms with E-state index >= 15 is 0 Å². The summed E-state index contributed by atoms with van der Waals surface area (Å²) in [6.07, 6.45) is 11.5. The predicted molar refractivity (Wildman–Crippen MR) is 104 cm³/mol. The van der Waals surface area contributed by atoms with Gasteiger partial charge >= 0.3 is 0 Å². The van der Waals surface area contributed by atoms with Crippen molar-refractivity contribution in [1.29, 1.82) is 0 Å². The Morgan fingerprint density at radius 2 is 1.69 bits per heavy atom. The maximum Gasteiger partial charge on any atom is 0.162 e. The number of fused-ring (bicyclic) bond motifs is 5. The molecule has 0 aliphatic heterocycles. The highest BCUT2D eigenvalue weighted by Gasteiger charge is 2.41. The quantitative estimate of drug-likeness (QED) is 0.852. The third-order valence-electron chi connectivity index (χ3n) is 7.00. The first-order valence-electron chi connectivity index (χ1n) is 10.1. The van der Waals surface area contributed by atoms with E-state index in [-0.39, 0.29) is 5.54 Å². The molecule has 0 spiro atoms. The van der Waals surface area contributed by atoms with Gasteiger partial charge in [0.2, 0.25) is 0 Å². The zero-order chi connectivity index (χ0) is 17.7. The zero-order valence-corrected chi connectivity index (χ0v) is 15.9. The van der Waals surface area contributed by atoms with Crippen molar-refractivity contribution < 1.29 is 9.47 Å². The van der Waals surface area contributed by atoms with Crippen molar-refractivity contribution in [3.8, 4) is 11.5 Å². The van der Waals surface area contributed by atoms with Gasteiger partial charge in [-0.25, -0.2) is 0 Å². The second-order valence-electron chi connectivity index (χ2n) is 8.38. The van der Waals surface area contributed by atoms with E-state index in [9.17, 15) is 0 Å². The topological polar surface area (TPSA) is 43.4 Å². The summed E-state index contributed by atoms with van der Waals surface area (Å²) in [7, 11) is 3.40. The molecule has 3 fully saturated rings. The molecular weight excluding hydrogens is 324 g/mol.